The second kappa shape index (κ2) is 4.92. The van der Waals surface area contributed by atoms with Gasteiger partial charge in [0.2, 0.25) is 0 Å². The zero-order chi connectivity index (χ0) is 10.7. The number of hydrogen-bond acceptors (Lipinski definition) is 5. The fourth-order valence-corrected chi connectivity index (χ4v) is 2.82. The molecule has 0 aliphatic carbocycles. The highest BCUT2D eigenvalue weighted by Gasteiger charge is 2.22. The van der Waals surface area contributed by atoms with Crippen molar-refractivity contribution in [3.8, 4) is 0 Å². The van der Waals surface area contributed by atoms with Crippen molar-refractivity contribution in [2.24, 2.45) is 5.92 Å². The number of thiazole rings is 1. The van der Waals surface area contributed by atoms with E-state index in [1.54, 1.807) is 11.3 Å². The molecule has 15 heavy (non-hydrogen) atoms. The molecule has 0 radical (unpaired) electrons. The molecule has 2 rings (SSSR count). The van der Waals surface area contributed by atoms with Gasteiger partial charge >= 0.3 is 0 Å². The number of aliphatic hydroxyl groups excluding tert-OH is 1. The Hall–Kier alpha value is -0.650. The van der Waals surface area contributed by atoms with Crippen LogP contribution in [0.15, 0.2) is 6.20 Å². The molecule has 84 valence electrons. The topological polar surface area (TPSA) is 62.4 Å². The number of aliphatic hydroxyl groups is 1. The molecule has 1 aromatic rings. The molecular formula is C10H17N3OS. The second-order valence-corrected chi connectivity index (χ2v) is 5.21. The van der Waals surface area contributed by atoms with Crippen molar-refractivity contribution in [1.82, 2.24) is 9.88 Å². The van der Waals surface area contributed by atoms with Crippen molar-refractivity contribution in [2.75, 3.05) is 25.4 Å². The molecule has 0 saturated carbocycles. The van der Waals surface area contributed by atoms with Crippen molar-refractivity contribution in [1.29, 1.82) is 0 Å². The molecule has 4 nitrogen and oxygen atoms in total. The smallest absolute Gasteiger partial charge is 0.180 e. The highest BCUT2D eigenvalue weighted by Crippen LogP contribution is 2.23. The largest absolute Gasteiger partial charge is 0.396 e. The van der Waals surface area contributed by atoms with E-state index in [2.05, 4.69) is 9.88 Å². The summed E-state index contributed by atoms with van der Waals surface area (Å²) in [7, 11) is 0. The second-order valence-electron chi connectivity index (χ2n) is 4.07. The van der Waals surface area contributed by atoms with Crippen molar-refractivity contribution in [3.63, 3.8) is 0 Å². The van der Waals surface area contributed by atoms with Crippen LogP contribution in [0.3, 0.4) is 0 Å². The van der Waals surface area contributed by atoms with E-state index in [0.29, 0.717) is 17.7 Å². The maximum absolute atomic E-state index is 8.86. The Morgan fingerprint density at radius 1 is 1.67 bits per heavy atom. The van der Waals surface area contributed by atoms with Gasteiger partial charge in [-0.3, -0.25) is 4.90 Å². The molecule has 3 N–H and O–H groups in total. The van der Waals surface area contributed by atoms with E-state index in [4.69, 9.17) is 10.8 Å². The lowest BCUT2D eigenvalue weighted by atomic mass is 10.1. The van der Waals surface area contributed by atoms with Gasteiger partial charge in [-0.1, -0.05) is 0 Å². The minimum atomic E-state index is 0.312. The molecule has 0 bridgehead atoms. The van der Waals surface area contributed by atoms with Gasteiger partial charge in [-0.2, -0.15) is 0 Å². The van der Waals surface area contributed by atoms with E-state index in [-0.39, 0.29) is 0 Å². The number of rotatable bonds is 4. The first-order chi connectivity index (χ1) is 7.28. The van der Waals surface area contributed by atoms with Gasteiger partial charge in [-0.15, -0.1) is 11.3 Å². The fraction of sp³-hybridized carbons (Fsp3) is 0.700. The summed E-state index contributed by atoms with van der Waals surface area (Å²) in [5.41, 5.74) is 5.58. The summed E-state index contributed by atoms with van der Waals surface area (Å²) in [5.74, 6) is 0.667. The van der Waals surface area contributed by atoms with Crippen molar-refractivity contribution in [3.05, 3.63) is 11.1 Å². The van der Waals surface area contributed by atoms with Crippen LogP contribution in [0, 0.1) is 5.92 Å². The van der Waals surface area contributed by atoms with Crippen LogP contribution in [0.5, 0.6) is 0 Å². The third-order valence-corrected chi connectivity index (χ3v) is 3.67. The fourth-order valence-electron chi connectivity index (χ4n) is 2.09. The average Bonchev–Trinajstić information content (AvgIpc) is 2.78. The number of anilines is 1. The molecule has 1 aliphatic heterocycles. The summed E-state index contributed by atoms with van der Waals surface area (Å²) in [4.78, 5) is 7.69. The van der Waals surface area contributed by atoms with E-state index in [1.807, 2.05) is 6.20 Å². The minimum Gasteiger partial charge on any atom is -0.396 e. The normalized spacial score (nSPS) is 22.3. The zero-order valence-electron chi connectivity index (χ0n) is 8.72. The van der Waals surface area contributed by atoms with Crippen LogP contribution < -0.4 is 5.73 Å². The van der Waals surface area contributed by atoms with Gasteiger partial charge in [0, 0.05) is 30.8 Å². The molecule has 2 heterocycles. The predicted molar refractivity (Wildman–Crippen MR) is 61.6 cm³/mol. The molecule has 0 aromatic carbocycles. The average molecular weight is 227 g/mol. The van der Waals surface area contributed by atoms with Crippen LogP contribution >= 0.6 is 11.3 Å². The summed E-state index contributed by atoms with van der Waals surface area (Å²) in [6.45, 7) is 3.49. The van der Waals surface area contributed by atoms with Gasteiger partial charge in [-0.25, -0.2) is 4.98 Å². The van der Waals surface area contributed by atoms with Crippen LogP contribution in [-0.2, 0) is 6.54 Å². The van der Waals surface area contributed by atoms with E-state index in [9.17, 15) is 0 Å². The molecule has 1 unspecified atom stereocenters. The molecule has 1 saturated heterocycles. The Morgan fingerprint density at radius 3 is 3.20 bits per heavy atom. The number of hydrogen-bond donors (Lipinski definition) is 2. The predicted octanol–water partition coefficient (Wildman–Crippen LogP) is 0.930. The maximum Gasteiger partial charge on any atom is 0.180 e. The van der Waals surface area contributed by atoms with Gasteiger partial charge in [0.25, 0.3) is 0 Å². The van der Waals surface area contributed by atoms with Crippen LogP contribution in [0.4, 0.5) is 5.13 Å². The van der Waals surface area contributed by atoms with Crippen molar-refractivity contribution >= 4 is 16.5 Å². The highest BCUT2D eigenvalue weighted by molar-refractivity contribution is 7.15. The van der Waals surface area contributed by atoms with Crippen molar-refractivity contribution in [2.45, 2.75) is 19.4 Å². The molecule has 5 heteroatoms. The molecular weight excluding hydrogens is 210 g/mol. The number of nitrogens with two attached hydrogens (primary N) is 1. The number of nitrogen functional groups attached to an aromatic ring is 1. The summed E-state index contributed by atoms with van der Waals surface area (Å²) in [6, 6.07) is 0. The summed E-state index contributed by atoms with van der Waals surface area (Å²) in [5, 5.41) is 9.51. The van der Waals surface area contributed by atoms with Gasteiger partial charge < -0.3 is 10.8 Å². The monoisotopic (exact) mass is 227 g/mol. The number of nitrogens with zero attached hydrogens (tertiary/aromatic N) is 2. The third-order valence-electron chi connectivity index (χ3n) is 2.86. The van der Waals surface area contributed by atoms with E-state index in [0.717, 1.165) is 26.1 Å². The third kappa shape index (κ3) is 2.90. The van der Waals surface area contributed by atoms with Crippen LogP contribution in [-0.4, -0.2) is 34.7 Å². The first-order valence-electron chi connectivity index (χ1n) is 5.31. The molecule has 1 atom stereocenters. The standard InChI is InChI=1S/C10H17N3OS/c11-10-12-5-9(15-10)7-13-3-1-8(6-13)2-4-14/h5,8,14H,1-4,6-7H2,(H2,11,12). The van der Waals surface area contributed by atoms with Gasteiger partial charge in [0.15, 0.2) is 5.13 Å². The Labute approximate surface area is 93.7 Å². The molecule has 1 fully saturated rings. The lowest BCUT2D eigenvalue weighted by Crippen LogP contribution is -2.19. The van der Waals surface area contributed by atoms with Gasteiger partial charge in [-0.05, 0) is 25.3 Å². The lowest BCUT2D eigenvalue weighted by molar-refractivity contribution is 0.250. The Morgan fingerprint density at radius 2 is 2.53 bits per heavy atom. The molecule has 0 spiro atoms. The van der Waals surface area contributed by atoms with Crippen LogP contribution in [0.2, 0.25) is 0 Å². The summed E-state index contributed by atoms with van der Waals surface area (Å²) < 4.78 is 0. The lowest BCUT2D eigenvalue weighted by Gasteiger charge is -2.13. The van der Waals surface area contributed by atoms with Crippen molar-refractivity contribution < 1.29 is 5.11 Å². The van der Waals surface area contributed by atoms with Gasteiger partial charge in [0.1, 0.15) is 0 Å². The minimum absolute atomic E-state index is 0.312. The quantitative estimate of drug-likeness (QED) is 0.803. The maximum atomic E-state index is 8.86. The Balaban J connectivity index is 1.82. The zero-order valence-corrected chi connectivity index (χ0v) is 9.54. The molecule has 1 aliphatic rings. The van der Waals surface area contributed by atoms with Gasteiger partial charge in [0.05, 0.1) is 0 Å². The Kier molecular flexibility index (Phi) is 3.56. The SMILES string of the molecule is Nc1ncc(CN2CCC(CCO)C2)s1. The summed E-state index contributed by atoms with van der Waals surface area (Å²) >= 11 is 1.56. The highest BCUT2D eigenvalue weighted by atomic mass is 32.1. The van der Waals surface area contributed by atoms with Crippen LogP contribution in [0.1, 0.15) is 17.7 Å². The van der Waals surface area contributed by atoms with Crippen LogP contribution in [0.25, 0.3) is 0 Å². The van der Waals surface area contributed by atoms with E-state index < -0.39 is 0 Å². The first kappa shape index (κ1) is 10.9. The first-order valence-corrected chi connectivity index (χ1v) is 6.13. The Bertz CT molecular complexity index is 315. The molecule has 1 aromatic heterocycles. The van der Waals surface area contributed by atoms with E-state index in [1.165, 1.54) is 11.3 Å². The molecule has 0 amide bonds. The van der Waals surface area contributed by atoms with E-state index >= 15 is 0 Å². The number of likely N-dealkylation sites (tertiary alicyclic amines) is 1. The summed E-state index contributed by atoms with van der Waals surface area (Å²) in [6.07, 6.45) is 4.00. The number of aromatic nitrogens is 1.